The molecule has 0 saturated heterocycles. The second kappa shape index (κ2) is 6.73. The van der Waals surface area contributed by atoms with E-state index in [9.17, 15) is 9.59 Å². The van der Waals surface area contributed by atoms with Gasteiger partial charge in [0.2, 0.25) is 11.8 Å². The molecule has 1 aromatic carbocycles. The molecule has 2 rings (SSSR count). The highest BCUT2D eigenvalue weighted by atomic mass is 16.2. The van der Waals surface area contributed by atoms with Crippen molar-refractivity contribution in [1.82, 2.24) is 10.6 Å². The van der Waals surface area contributed by atoms with Crippen molar-refractivity contribution in [3.8, 4) is 0 Å². The number of hydrogen-bond donors (Lipinski definition) is 2. The maximum atomic E-state index is 11.5. The van der Waals surface area contributed by atoms with E-state index in [1.54, 1.807) is 6.08 Å². The Bertz CT molecular complexity index is 464. The van der Waals surface area contributed by atoms with Crippen molar-refractivity contribution in [1.29, 1.82) is 0 Å². The molecule has 4 heteroatoms. The number of amides is 2. The first-order valence-corrected chi connectivity index (χ1v) is 6.54. The summed E-state index contributed by atoms with van der Waals surface area (Å²) < 4.78 is 0. The molecule has 1 fully saturated rings. The zero-order valence-electron chi connectivity index (χ0n) is 10.8. The summed E-state index contributed by atoms with van der Waals surface area (Å²) in [4.78, 5) is 22.9. The highest BCUT2D eigenvalue weighted by Crippen LogP contribution is 2.18. The fourth-order valence-electron chi connectivity index (χ4n) is 1.62. The molecule has 0 bridgehead atoms. The molecule has 0 heterocycles. The zero-order chi connectivity index (χ0) is 13.5. The van der Waals surface area contributed by atoms with Crippen molar-refractivity contribution in [3.05, 3.63) is 42.0 Å². The number of carbonyl (C=O) groups excluding carboxylic acids is 2. The van der Waals surface area contributed by atoms with Gasteiger partial charge in [-0.3, -0.25) is 9.59 Å². The smallest absolute Gasteiger partial charge is 0.244 e. The van der Waals surface area contributed by atoms with E-state index in [4.69, 9.17) is 0 Å². The minimum atomic E-state index is -0.178. The quantitative estimate of drug-likeness (QED) is 0.759. The van der Waals surface area contributed by atoms with Crippen LogP contribution in [0.3, 0.4) is 0 Å². The van der Waals surface area contributed by atoms with Crippen molar-refractivity contribution in [2.45, 2.75) is 25.3 Å². The van der Waals surface area contributed by atoms with Crippen LogP contribution in [0.5, 0.6) is 0 Å². The molecule has 100 valence electrons. The Morgan fingerprint density at radius 2 is 1.95 bits per heavy atom. The van der Waals surface area contributed by atoms with Crippen LogP contribution in [0, 0.1) is 0 Å². The summed E-state index contributed by atoms with van der Waals surface area (Å²) in [7, 11) is 0. The Kier molecular flexibility index (Phi) is 4.72. The van der Waals surface area contributed by atoms with E-state index in [-0.39, 0.29) is 11.8 Å². The van der Waals surface area contributed by atoms with Crippen LogP contribution in [0.15, 0.2) is 36.4 Å². The van der Waals surface area contributed by atoms with Crippen LogP contribution < -0.4 is 10.6 Å². The fourth-order valence-corrected chi connectivity index (χ4v) is 1.62. The molecule has 1 saturated carbocycles. The molecule has 0 spiro atoms. The van der Waals surface area contributed by atoms with Gasteiger partial charge in [-0.25, -0.2) is 0 Å². The van der Waals surface area contributed by atoms with Gasteiger partial charge in [-0.05, 0) is 24.5 Å². The number of benzene rings is 1. The maximum absolute atomic E-state index is 11.5. The molecular formula is C15H18N2O2. The molecule has 19 heavy (non-hydrogen) atoms. The molecule has 1 aliphatic carbocycles. The number of rotatable bonds is 6. The van der Waals surface area contributed by atoms with Gasteiger partial charge in [0.25, 0.3) is 0 Å². The monoisotopic (exact) mass is 258 g/mol. The molecule has 2 amide bonds. The largest absolute Gasteiger partial charge is 0.353 e. The first kappa shape index (κ1) is 13.3. The summed E-state index contributed by atoms with van der Waals surface area (Å²) in [5.74, 6) is -0.169. The highest BCUT2D eigenvalue weighted by molar-refractivity contribution is 5.92. The van der Waals surface area contributed by atoms with E-state index in [0.29, 0.717) is 19.0 Å². The van der Waals surface area contributed by atoms with E-state index < -0.39 is 0 Å². The van der Waals surface area contributed by atoms with Crippen LogP contribution in [0.25, 0.3) is 6.08 Å². The minimum absolute atomic E-state index is 0.00911. The molecule has 1 aliphatic rings. The summed E-state index contributed by atoms with van der Waals surface area (Å²) in [5.41, 5.74) is 0.976. The van der Waals surface area contributed by atoms with E-state index in [1.807, 2.05) is 30.3 Å². The van der Waals surface area contributed by atoms with Gasteiger partial charge in [0.05, 0.1) is 0 Å². The van der Waals surface area contributed by atoms with E-state index in [0.717, 1.165) is 18.4 Å². The minimum Gasteiger partial charge on any atom is -0.353 e. The molecule has 4 nitrogen and oxygen atoms in total. The van der Waals surface area contributed by atoms with Gasteiger partial charge >= 0.3 is 0 Å². The van der Waals surface area contributed by atoms with Crippen LogP contribution in [-0.2, 0) is 9.59 Å². The average Bonchev–Trinajstić information content (AvgIpc) is 3.21. The first-order valence-electron chi connectivity index (χ1n) is 6.54. The van der Waals surface area contributed by atoms with Crippen LogP contribution >= 0.6 is 0 Å². The molecule has 0 radical (unpaired) electrons. The Morgan fingerprint density at radius 1 is 1.21 bits per heavy atom. The van der Waals surface area contributed by atoms with Gasteiger partial charge < -0.3 is 10.6 Å². The van der Waals surface area contributed by atoms with Crippen molar-refractivity contribution in [2.75, 3.05) is 6.54 Å². The second-order valence-electron chi connectivity index (χ2n) is 4.63. The fraction of sp³-hybridized carbons (Fsp3) is 0.333. The van der Waals surface area contributed by atoms with E-state index >= 15 is 0 Å². The number of hydrogen-bond acceptors (Lipinski definition) is 2. The van der Waals surface area contributed by atoms with Crippen LogP contribution in [-0.4, -0.2) is 24.4 Å². The Balaban J connectivity index is 1.64. The zero-order valence-corrected chi connectivity index (χ0v) is 10.8. The molecule has 0 unspecified atom stereocenters. The number of nitrogens with one attached hydrogen (secondary N) is 2. The Labute approximate surface area is 112 Å². The van der Waals surface area contributed by atoms with Crippen molar-refractivity contribution >= 4 is 17.9 Å². The van der Waals surface area contributed by atoms with Crippen LogP contribution in [0.1, 0.15) is 24.8 Å². The van der Waals surface area contributed by atoms with Gasteiger partial charge in [0.15, 0.2) is 0 Å². The lowest BCUT2D eigenvalue weighted by Gasteiger charge is -2.03. The lowest BCUT2D eigenvalue weighted by molar-refractivity contribution is -0.121. The SMILES string of the molecule is O=C(/C=C/c1ccccc1)NCCC(=O)NC1CC1. The summed E-state index contributed by atoms with van der Waals surface area (Å²) in [6.07, 6.45) is 5.73. The lowest BCUT2D eigenvalue weighted by Crippen LogP contribution is -2.30. The van der Waals surface area contributed by atoms with Gasteiger partial charge in [0, 0.05) is 25.1 Å². The van der Waals surface area contributed by atoms with Crippen molar-refractivity contribution in [3.63, 3.8) is 0 Å². The average molecular weight is 258 g/mol. The predicted molar refractivity (Wildman–Crippen MR) is 74.3 cm³/mol. The highest BCUT2D eigenvalue weighted by Gasteiger charge is 2.22. The van der Waals surface area contributed by atoms with Crippen LogP contribution in [0.4, 0.5) is 0 Å². The van der Waals surface area contributed by atoms with Gasteiger partial charge in [-0.1, -0.05) is 30.3 Å². The molecule has 0 aliphatic heterocycles. The van der Waals surface area contributed by atoms with E-state index in [2.05, 4.69) is 10.6 Å². The summed E-state index contributed by atoms with van der Waals surface area (Å²) in [6.45, 7) is 0.372. The van der Waals surface area contributed by atoms with Gasteiger partial charge in [-0.2, -0.15) is 0 Å². The second-order valence-corrected chi connectivity index (χ2v) is 4.63. The third-order valence-corrected chi connectivity index (χ3v) is 2.82. The third kappa shape index (κ3) is 5.38. The first-order chi connectivity index (χ1) is 9.24. The summed E-state index contributed by atoms with van der Waals surface area (Å²) >= 11 is 0. The van der Waals surface area contributed by atoms with Gasteiger partial charge in [-0.15, -0.1) is 0 Å². The summed E-state index contributed by atoms with van der Waals surface area (Å²) in [6, 6.07) is 9.98. The van der Waals surface area contributed by atoms with Gasteiger partial charge in [0.1, 0.15) is 0 Å². The molecule has 0 aromatic heterocycles. The maximum Gasteiger partial charge on any atom is 0.244 e. The Hall–Kier alpha value is -2.10. The normalized spacial score (nSPS) is 14.3. The van der Waals surface area contributed by atoms with Crippen molar-refractivity contribution in [2.24, 2.45) is 0 Å². The predicted octanol–water partition coefficient (Wildman–Crippen LogP) is 1.48. The lowest BCUT2D eigenvalue weighted by atomic mass is 10.2. The standard InChI is InChI=1S/C15H18N2O2/c18-14(9-6-12-4-2-1-3-5-12)16-11-10-15(19)17-13-7-8-13/h1-6,9,13H,7-8,10-11H2,(H,16,18)(H,17,19)/b9-6+. The Morgan fingerprint density at radius 3 is 2.63 bits per heavy atom. The van der Waals surface area contributed by atoms with E-state index in [1.165, 1.54) is 6.08 Å². The molecular weight excluding hydrogens is 240 g/mol. The topological polar surface area (TPSA) is 58.2 Å². The van der Waals surface area contributed by atoms with Crippen LogP contribution in [0.2, 0.25) is 0 Å². The molecule has 1 aromatic rings. The summed E-state index contributed by atoms with van der Waals surface area (Å²) in [5, 5.41) is 5.57. The number of carbonyl (C=O) groups is 2. The van der Waals surface area contributed by atoms with Crippen molar-refractivity contribution < 1.29 is 9.59 Å². The third-order valence-electron chi connectivity index (χ3n) is 2.82. The molecule has 0 atom stereocenters. The molecule has 2 N–H and O–H groups in total.